The van der Waals surface area contributed by atoms with E-state index in [9.17, 15) is 0 Å². The van der Waals surface area contributed by atoms with E-state index in [0.717, 1.165) is 0 Å². The maximum atomic E-state index is 8.03. The van der Waals surface area contributed by atoms with Gasteiger partial charge in [0.2, 0.25) is 0 Å². The molecule has 0 rings (SSSR count). The van der Waals surface area contributed by atoms with E-state index in [1.165, 1.54) is 27.7 Å². The number of rotatable bonds is 2. The van der Waals surface area contributed by atoms with E-state index in [1.54, 1.807) is 0 Å². The van der Waals surface area contributed by atoms with Crippen LogP contribution in [-0.4, -0.2) is 43.7 Å². The van der Waals surface area contributed by atoms with Gasteiger partial charge in [0.1, 0.15) is 22.8 Å². The molecule has 102 valence electrons. The van der Waals surface area contributed by atoms with Crippen molar-refractivity contribution in [2.45, 2.75) is 27.7 Å². The molecule has 0 saturated carbocycles. The summed E-state index contributed by atoms with van der Waals surface area (Å²) >= 11 is 0. The summed E-state index contributed by atoms with van der Waals surface area (Å²) in [6, 6.07) is 0. The van der Waals surface area contributed by atoms with Crippen LogP contribution in [0.5, 0.6) is 0 Å². The van der Waals surface area contributed by atoms with Gasteiger partial charge in [-0.1, -0.05) is 20.6 Å². The van der Waals surface area contributed by atoms with Crippen molar-refractivity contribution in [1.29, 1.82) is 0 Å². The fourth-order valence-electron chi connectivity index (χ4n) is 0.289. The topological polar surface area (TPSA) is 130 Å². The summed E-state index contributed by atoms with van der Waals surface area (Å²) in [5.41, 5.74) is 1.25. The van der Waals surface area contributed by atoms with Crippen LogP contribution in [0.3, 0.4) is 0 Å². The fraction of sp³-hybridized carbons (Fsp3) is 0.500. The fourth-order valence-corrected chi connectivity index (χ4v) is 0.289. The second-order valence-corrected chi connectivity index (χ2v) is 2.74. The van der Waals surface area contributed by atoms with Crippen LogP contribution in [0.4, 0.5) is 0 Å². The molecule has 8 nitrogen and oxygen atoms in total. The molecule has 0 unspecified atom stereocenters. The van der Waals surface area contributed by atoms with Gasteiger partial charge >= 0.3 is 16.8 Å². The molecule has 0 saturated heterocycles. The first-order valence-corrected chi connectivity index (χ1v) is 4.19. The molecule has 0 atom stereocenters. The summed E-state index contributed by atoms with van der Waals surface area (Å²) in [5, 5.41) is 43.3. The van der Waals surface area contributed by atoms with Crippen molar-refractivity contribution >= 4 is 22.8 Å². The molecule has 0 heterocycles. The molecule has 1 radical (unpaired) electrons. The van der Waals surface area contributed by atoms with E-state index in [2.05, 4.69) is 20.6 Å². The number of hydrogen-bond acceptors (Lipinski definition) is 8. The van der Waals surface area contributed by atoms with Gasteiger partial charge in [-0.05, 0) is 27.7 Å². The van der Waals surface area contributed by atoms with E-state index in [4.69, 9.17) is 20.8 Å². The molecule has 0 aromatic heterocycles. The molecule has 9 heteroatoms. The standard InChI is InChI=1S/2C4H8N2O2.Co.H/c2*1-3(5-7)4(2)6-8;;/h2*7-8H,1-2H3;;. The SMILES string of the molecule is CC(=NO)C(C)=NO.CC(=NO)C(C)=NO.[CoH]. The van der Waals surface area contributed by atoms with Crippen molar-refractivity contribution in [3.63, 3.8) is 0 Å². The minimum atomic E-state index is 0. The van der Waals surface area contributed by atoms with E-state index >= 15 is 0 Å². The second-order valence-electron chi connectivity index (χ2n) is 2.74. The molecule has 17 heavy (non-hydrogen) atoms. The van der Waals surface area contributed by atoms with Gasteiger partial charge in [-0.2, -0.15) is 0 Å². The maximum absolute atomic E-state index is 8.03. The van der Waals surface area contributed by atoms with E-state index in [0.29, 0.717) is 22.8 Å². The van der Waals surface area contributed by atoms with Crippen LogP contribution in [0.15, 0.2) is 20.6 Å². The Balaban J connectivity index is -0.000000218. The Hall–Kier alpha value is -1.61. The zero-order chi connectivity index (χ0) is 13.1. The van der Waals surface area contributed by atoms with Crippen molar-refractivity contribution in [1.82, 2.24) is 0 Å². The average Bonchev–Trinajstić information content (AvgIpc) is 2.35. The van der Waals surface area contributed by atoms with Crippen LogP contribution in [0, 0.1) is 0 Å². The third kappa shape index (κ3) is 10.7. The van der Waals surface area contributed by atoms with E-state index < -0.39 is 0 Å². The number of hydrogen-bond donors (Lipinski definition) is 4. The third-order valence-electron chi connectivity index (χ3n) is 1.65. The van der Waals surface area contributed by atoms with Crippen molar-refractivity contribution in [3.8, 4) is 0 Å². The molecule has 0 bridgehead atoms. The van der Waals surface area contributed by atoms with Gasteiger partial charge in [-0.3, -0.25) is 0 Å². The zero-order valence-electron chi connectivity index (χ0n) is 9.93. The van der Waals surface area contributed by atoms with Gasteiger partial charge < -0.3 is 20.8 Å². The Morgan fingerprint density at radius 3 is 0.706 bits per heavy atom. The second kappa shape index (κ2) is 12.5. The molecule has 0 fully saturated rings. The predicted octanol–water partition coefficient (Wildman–Crippen LogP) is 1.10. The number of nitrogens with zero attached hydrogens (tertiary/aromatic N) is 4. The van der Waals surface area contributed by atoms with Crippen molar-refractivity contribution in [3.05, 3.63) is 0 Å². The van der Waals surface area contributed by atoms with Crippen LogP contribution < -0.4 is 0 Å². The Morgan fingerprint density at radius 2 is 0.647 bits per heavy atom. The summed E-state index contributed by atoms with van der Waals surface area (Å²) in [4.78, 5) is 0. The molecule has 4 N–H and O–H groups in total. The molecular weight excluding hydrogens is 275 g/mol. The Labute approximate surface area is 109 Å². The van der Waals surface area contributed by atoms with Crippen LogP contribution in [0.25, 0.3) is 0 Å². The van der Waals surface area contributed by atoms with E-state index in [1.807, 2.05) is 0 Å². The van der Waals surface area contributed by atoms with Gasteiger partial charge in [0.15, 0.2) is 0 Å². The summed E-state index contributed by atoms with van der Waals surface area (Å²) in [7, 11) is 0. The first-order chi connectivity index (χ1) is 7.44. The van der Waals surface area contributed by atoms with Gasteiger partial charge in [-0.25, -0.2) is 0 Å². The molecule has 0 aliphatic heterocycles. The predicted molar refractivity (Wildman–Crippen MR) is 61.0 cm³/mol. The molecule has 0 amide bonds. The summed E-state index contributed by atoms with van der Waals surface area (Å²) < 4.78 is 0. The van der Waals surface area contributed by atoms with Gasteiger partial charge in [0.25, 0.3) is 0 Å². The Bertz CT molecular complexity index is 261. The van der Waals surface area contributed by atoms with Crippen LogP contribution in [0.2, 0.25) is 0 Å². The zero-order valence-corrected chi connectivity index (χ0v) is 11.0. The first-order valence-electron chi connectivity index (χ1n) is 4.19. The molecule has 0 aliphatic rings. The van der Waals surface area contributed by atoms with Crippen molar-refractivity contribution < 1.29 is 37.6 Å². The summed E-state index contributed by atoms with van der Waals surface area (Å²) in [6.07, 6.45) is 0. The minimum absolute atomic E-state index is 0. The first kappa shape index (κ1) is 20.8. The van der Waals surface area contributed by atoms with Crippen LogP contribution in [0.1, 0.15) is 27.7 Å². The molecule has 0 spiro atoms. The van der Waals surface area contributed by atoms with Gasteiger partial charge in [0, 0.05) is 0 Å². The Kier molecular flexibility index (Phi) is 15.2. The van der Waals surface area contributed by atoms with Crippen LogP contribution in [-0.2, 0) is 16.8 Å². The Morgan fingerprint density at radius 1 is 0.529 bits per heavy atom. The van der Waals surface area contributed by atoms with Crippen molar-refractivity contribution in [2.75, 3.05) is 0 Å². The third-order valence-corrected chi connectivity index (χ3v) is 1.65. The molecule has 0 aliphatic carbocycles. The quantitative estimate of drug-likeness (QED) is 0.345. The van der Waals surface area contributed by atoms with Crippen LogP contribution >= 0.6 is 0 Å². The molecular formula is C8H17CoN4O4. The van der Waals surface area contributed by atoms with Gasteiger partial charge in [-0.15, -0.1) is 0 Å². The molecule has 0 aromatic rings. The van der Waals surface area contributed by atoms with Crippen molar-refractivity contribution in [2.24, 2.45) is 20.6 Å². The monoisotopic (exact) mass is 292 g/mol. The number of oxime groups is 4. The summed E-state index contributed by atoms with van der Waals surface area (Å²) in [6.45, 7) is 6.15. The molecule has 0 aromatic carbocycles. The normalized spacial score (nSPS) is 13.4. The average molecular weight is 292 g/mol. The van der Waals surface area contributed by atoms with Gasteiger partial charge in [0.05, 0.1) is 0 Å². The van der Waals surface area contributed by atoms with E-state index in [-0.39, 0.29) is 16.8 Å². The summed E-state index contributed by atoms with van der Waals surface area (Å²) in [5.74, 6) is 0.